The van der Waals surface area contributed by atoms with Crippen LogP contribution in [0.2, 0.25) is 0 Å². The molecule has 1 aromatic rings. The third-order valence-corrected chi connectivity index (χ3v) is 2.36. The van der Waals surface area contributed by atoms with Crippen molar-refractivity contribution < 1.29 is 4.74 Å². The van der Waals surface area contributed by atoms with Crippen molar-refractivity contribution in [2.45, 2.75) is 40.5 Å². The Morgan fingerprint density at radius 2 is 1.80 bits per heavy atom. The van der Waals surface area contributed by atoms with Crippen LogP contribution in [0.1, 0.15) is 44.7 Å². The Hall–Kier alpha value is -0.980. The van der Waals surface area contributed by atoms with Gasteiger partial charge in [0.2, 0.25) is 0 Å². The van der Waals surface area contributed by atoms with Crippen LogP contribution in [0.15, 0.2) is 18.2 Å². The molecule has 0 unspecified atom stereocenters. The zero-order valence-corrected chi connectivity index (χ0v) is 10.5. The van der Waals surface area contributed by atoms with Crippen molar-refractivity contribution in [3.63, 3.8) is 0 Å². The van der Waals surface area contributed by atoms with Crippen molar-refractivity contribution >= 4 is 0 Å². The first-order chi connectivity index (χ1) is 7.00. The molecule has 1 nitrogen and oxygen atoms in total. The van der Waals surface area contributed by atoms with E-state index in [-0.39, 0.29) is 0 Å². The highest BCUT2D eigenvalue weighted by Gasteiger charge is 2.08. The molecule has 0 amide bonds. The van der Waals surface area contributed by atoms with Gasteiger partial charge < -0.3 is 4.74 Å². The van der Waals surface area contributed by atoms with Gasteiger partial charge in [-0.15, -0.1) is 0 Å². The van der Waals surface area contributed by atoms with Crippen LogP contribution in [0.3, 0.4) is 0 Å². The Kier molecular flexibility index (Phi) is 4.19. The summed E-state index contributed by atoms with van der Waals surface area (Å²) in [5.74, 6) is 2.15. The fourth-order valence-corrected chi connectivity index (χ4v) is 1.50. The molecule has 0 N–H and O–H groups in total. The van der Waals surface area contributed by atoms with Gasteiger partial charge in [-0.1, -0.05) is 39.8 Å². The summed E-state index contributed by atoms with van der Waals surface area (Å²) in [4.78, 5) is 0. The molecule has 0 atom stereocenters. The molecule has 1 aromatic carbocycles. The highest BCUT2D eigenvalue weighted by molar-refractivity contribution is 5.39. The van der Waals surface area contributed by atoms with Crippen molar-refractivity contribution in [3.05, 3.63) is 29.3 Å². The van der Waals surface area contributed by atoms with E-state index < -0.39 is 0 Å². The van der Waals surface area contributed by atoms with Crippen LogP contribution in [0.5, 0.6) is 5.75 Å². The van der Waals surface area contributed by atoms with E-state index in [1.807, 2.05) is 0 Å². The lowest BCUT2D eigenvalue weighted by Gasteiger charge is -2.16. The van der Waals surface area contributed by atoms with Crippen molar-refractivity contribution in [2.24, 2.45) is 5.92 Å². The van der Waals surface area contributed by atoms with Crippen molar-refractivity contribution in [1.29, 1.82) is 0 Å². The largest absolute Gasteiger partial charge is 0.493 e. The van der Waals surface area contributed by atoms with Gasteiger partial charge in [-0.3, -0.25) is 0 Å². The Labute approximate surface area is 93.5 Å². The van der Waals surface area contributed by atoms with E-state index in [0.717, 1.165) is 12.4 Å². The Balaban J connectivity index is 2.87. The van der Waals surface area contributed by atoms with E-state index >= 15 is 0 Å². The van der Waals surface area contributed by atoms with Crippen LogP contribution in [0.25, 0.3) is 0 Å². The van der Waals surface area contributed by atoms with Gasteiger partial charge in [-0.05, 0) is 36.0 Å². The van der Waals surface area contributed by atoms with Gasteiger partial charge in [0.05, 0.1) is 6.61 Å². The zero-order valence-electron chi connectivity index (χ0n) is 10.5. The minimum absolute atomic E-state index is 0.521. The maximum absolute atomic E-state index is 5.84. The van der Waals surface area contributed by atoms with Crippen LogP contribution < -0.4 is 4.74 Å². The third-order valence-electron chi connectivity index (χ3n) is 2.36. The van der Waals surface area contributed by atoms with Crippen LogP contribution in [0, 0.1) is 12.8 Å². The molecule has 0 aromatic heterocycles. The average molecular weight is 206 g/mol. The molecule has 1 heteroatoms. The molecule has 0 aliphatic rings. The molecule has 0 heterocycles. The van der Waals surface area contributed by atoms with E-state index in [0.29, 0.717) is 11.8 Å². The smallest absolute Gasteiger partial charge is 0.123 e. The lowest BCUT2D eigenvalue weighted by molar-refractivity contribution is 0.267. The molecule has 0 aliphatic heterocycles. The molecule has 0 spiro atoms. The van der Waals surface area contributed by atoms with E-state index in [1.54, 1.807) is 0 Å². The molecular formula is C14H22O. The molecule has 84 valence electrons. The second kappa shape index (κ2) is 5.20. The summed E-state index contributed by atoms with van der Waals surface area (Å²) in [6.45, 7) is 11.6. The van der Waals surface area contributed by atoms with Crippen LogP contribution in [-0.4, -0.2) is 6.61 Å². The monoisotopic (exact) mass is 206 g/mol. The van der Waals surface area contributed by atoms with E-state index in [4.69, 9.17) is 4.74 Å². The van der Waals surface area contributed by atoms with E-state index in [9.17, 15) is 0 Å². The van der Waals surface area contributed by atoms with Gasteiger partial charge in [-0.2, -0.15) is 0 Å². The van der Waals surface area contributed by atoms with Gasteiger partial charge in [-0.25, -0.2) is 0 Å². The SMILES string of the molecule is Cc1ccc(C(C)C)c(OCC(C)C)c1. The van der Waals surface area contributed by atoms with Crippen molar-refractivity contribution in [1.82, 2.24) is 0 Å². The number of hydrogen-bond donors (Lipinski definition) is 0. The first-order valence-corrected chi connectivity index (χ1v) is 5.74. The Morgan fingerprint density at radius 3 is 2.33 bits per heavy atom. The summed E-state index contributed by atoms with van der Waals surface area (Å²) in [5.41, 5.74) is 2.57. The number of benzene rings is 1. The first-order valence-electron chi connectivity index (χ1n) is 5.74. The van der Waals surface area contributed by atoms with Crippen molar-refractivity contribution in [2.75, 3.05) is 6.61 Å². The fourth-order valence-electron chi connectivity index (χ4n) is 1.50. The Morgan fingerprint density at radius 1 is 1.13 bits per heavy atom. The van der Waals surface area contributed by atoms with Crippen molar-refractivity contribution in [3.8, 4) is 5.75 Å². The third kappa shape index (κ3) is 3.58. The maximum atomic E-state index is 5.84. The maximum Gasteiger partial charge on any atom is 0.123 e. The Bertz CT molecular complexity index is 313. The highest BCUT2D eigenvalue weighted by atomic mass is 16.5. The number of hydrogen-bond acceptors (Lipinski definition) is 1. The average Bonchev–Trinajstić information content (AvgIpc) is 2.14. The molecule has 0 fully saturated rings. The van der Waals surface area contributed by atoms with Crippen LogP contribution >= 0.6 is 0 Å². The molecule has 0 saturated carbocycles. The lowest BCUT2D eigenvalue weighted by Crippen LogP contribution is -2.06. The minimum atomic E-state index is 0.521. The highest BCUT2D eigenvalue weighted by Crippen LogP contribution is 2.27. The van der Waals surface area contributed by atoms with E-state index in [1.165, 1.54) is 11.1 Å². The predicted molar refractivity (Wildman–Crippen MR) is 65.6 cm³/mol. The van der Waals surface area contributed by atoms with Gasteiger partial charge in [0.25, 0.3) is 0 Å². The number of rotatable bonds is 4. The molecular weight excluding hydrogens is 184 g/mol. The summed E-state index contributed by atoms with van der Waals surface area (Å²) in [7, 11) is 0. The molecule has 15 heavy (non-hydrogen) atoms. The van der Waals surface area contributed by atoms with Crippen LogP contribution in [0.4, 0.5) is 0 Å². The topological polar surface area (TPSA) is 9.23 Å². The molecule has 0 bridgehead atoms. The molecule has 0 radical (unpaired) electrons. The number of ether oxygens (including phenoxy) is 1. The van der Waals surface area contributed by atoms with Gasteiger partial charge >= 0.3 is 0 Å². The summed E-state index contributed by atoms with van der Waals surface area (Å²) in [6.07, 6.45) is 0. The summed E-state index contributed by atoms with van der Waals surface area (Å²) < 4.78 is 5.84. The molecule has 0 aliphatic carbocycles. The lowest BCUT2D eigenvalue weighted by atomic mass is 10.0. The standard InChI is InChI=1S/C14H22O/c1-10(2)9-15-14-8-12(5)6-7-13(14)11(3)4/h6-8,10-11H,9H2,1-5H3. The van der Waals surface area contributed by atoms with Gasteiger partial charge in [0, 0.05) is 0 Å². The number of aryl methyl sites for hydroxylation is 1. The second-order valence-electron chi connectivity index (χ2n) is 4.90. The first kappa shape index (κ1) is 12.1. The second-order valence-corrected chi connectivity index (χ2v) is 4.90. The van der Waals surface area contributed by atoms with Crippen LogP contribution in [-0.2, 0) is 0 Å². The fraction of sp³-hybridized carbons (Fsp3) is 0.571. The normalized spacial score (nSPS) is 11.1. The summed E-state index contributed by atoms with van der Waals surface area (Å²) in [5, 5.41) is 0. The quantitative estimate of drug-likeness (QED) is 0.719. The summed E-state index contributed by atoms with van der Waals surface area (Å²) >= 11 is 0. The van der Waals surface area contributed by atoms with E-state index in [2.05, 4.69) is 52.8 Å². The minimum Gasteiger partial charge on any atom is -0.493 e. The molecule has 1 rings (SSSR count). The summed E-state index contributed by atoms with van der Waals surface area (Å²) in [6, 6.07) is 6.46. The van der Waals surface area contributed by atoms with Gasteiger partial charge in [0.1, 0.15) is 5.75 Å². The zero-order chi connectivity index (χ0) is 11.4. The van der Waals surface area contributed by atoms with Gasteiger partial charge in [0.15, 0.2) is 0 Å². The predicted octanol–water partition coefficient (Wildman–Crippen LogP) is 4.15. The molecule has 0 saturated heterocycles.